The maximum Gasteiger partial charge on any atom is 0.316 e. The summed E-state index contributed by atoms with van der Waals surface area (Å²) in [6, 6.07) is 11.6. The molecule has 2 N–H and O–H groups in total. The molecule has 2 bridgehead atoms. The molecule has 1 aliphatic carbocycles. The van der Waals surface area contributed by atoms with Gasteiger partial charge in [0, 0.05) is 23.5 Å². The van der Waals surface area contributed by atoms with Crippen molar-refractivity contribution in [3.63, 3.8) is 0 Å². The summed E-state index contributed by atoms with van der Waals surface area (Å²) in [6.45, 7) is 3.73. The summed E-state index contributed by atoms with van der Waals surface area (Å²) in [5.74, 6) is 0.292. The largest absolute Gasteiger partial charge is 0.496 e. The zero-order valence-electron chi connectivity index (χ0n) is 24.2. The van der Waals surface area contributed by atoms with Crippen LogP contribution in [0.3, 0.4) is 0 Å². The molecular weight excluding hydrogens is 540 g/mol. The molecule has 2 aromatic rings. The minimum atomic E-state index is -0.575. The highest BCUT2D eigenvalue weighted by molar-refractivity contribution is 6.33. The number of fused-ring (bicyclic) bond motifs is 3. The standard InChI is InChI=1S/C33H43ClN2O5/c1-40-29-21-28(27(34)20-25(29)22-37)35-30(38)10-6-8-24-7-5-9-26(19-24)33(11-3-2-4-12-33)31(39)41-23-32-13-16-36(17-14-32)18-15-32/h5,7,9,19-21,37H,2-4,6,8,10-18,22-23H2,1H3,(H,35,38). The zero-order valence-corrected chi connectivity index (χ0v) is 24.9. The zero-order chi connectivity index (χ0) is 28.9. The van der Waals surface area contributed by atoms with Crippen molar-refractivity contribution in [3.8, 4) is 5.75 Å². The first-order valence-electron chi connectivity index (χ1n) is 15.1. The first-order chi connectivity index (χ1) is 19.9. The molecule has 0 atom stereocenters. The third kappa shape index (κ3) is 6.73. The Balaban J connectivity index is 1.20. The molecule has 3 saturated heterocycles. The van der Waals surface area contributed by atoms with Gasteiger partial charge in [-0.15, -0.1) is 0 Å². The summed E-state index contributed by atoms with van der Waals surface area (Å²) in [5, 5.41) is 12.7. The number of carbonyl (C=O) groups is 2. The molecule has 6 rings (SSSR count). The third-order valence-electron chi connectivity index (χ3n) is 9.65. The number of amides is 1. The summed E-state index contributed by atoms with van der Waals surface area (Å²) in [7, 11) is 1.51. The predicted molar refractivity (Wildman–Crippen MR) is 160 cm³/mol. The van der Waals surface area contributed by atoms with Crippen LogP contribution >= 0.6 is 11.6 Å². The third-order valence-corrected chi connectivity index (χ3v) is 9.96. The number of aryl methyl sites for hydroxylation is 1. The first-order valence-corrected chi connectivity index (χ1v) is 15.5. The summed E-state index contributed by atoms with van der Waals surface area (Å²) >= 11 is 6.30. The lowest BCUT2D eigenvalue weighted by molar-refractivity contribution is -0.159. The minimum Gasteiger partial charge on any atom is -0.496 e. The fourth-order valence-electron chi connectivity index (χ4n) is 6.93. The van der Waals surface area contributed by atoms with Crippen molar-refractivity contribution in [1.82, 2.24) is 4.90 Å². The van der Waals surface area contributed by atoms with E-state index >= 15 is 0 Å². The van der Waals surface area contributed by atoms with Crippen LogP contribution in [0.2, 0.25) is 5.02 Å². The number of hydrogen-bond acceptors (Lipinski definition) is 6. The van der Waals surface area contributed by atoms with E-state index in [1.807, 2.05) is 6.07 Å². The van der Waals surface area contributed by atoms with E-state index in [9.17, 15) is 14.7 Å². The smallest absolute Gasteiger partial charge is 0.316 e. The first kappa shape index (κ1) is 29.9. The lowest BCUT2D eigenvalue weighted by Crippen LogP contribution is -2.51. The highest BCUT2D eigenvalue weighted by Gasteiger charge is 2.45. The number of benzene rings is 2. The van der Waals surface area contributed by atoms with Gasteiger partial charge in [0.1, 0.15) is 5.75 Å². The van der Waals surface area contributed by atoms with Crippen LogP contribution < -0.4 is 10.1 Å². The van der Waals surface area contributed by atoms with Crippen LogP contribution in [-0.2, 0) is 32.8 Å². The number of hydrogen-bond donors (Lipinski definition) is 2. The van der Waals surface area contributed by atoms with Gasteiger partial charge in [-0.3, -0.25) is 9.59 Å². The van der Waals surface area contributed by atoms with Crippen molar-refractivity contribution >= 4 is 29.2 Å². The molecule has 8 heteroatoms. The number of nitrogens with zero attached hydrogens (tertiary/aromatic N) is 1. The molecule has 2 aromatic carbocycles. The maximum atomic E-state index is 13.8. The molecule has 4 fully saturated rings. The Morgan fingerprint density at radius 3 is 2.44 bits per heavy atom. The number of aliphatic hydroxyl groups is 1. The van der Waals surface area contributed by atoms with Gasteiger partial charge in [0.05, 0.1) is 36.4 Å². The van der Waals surface area contributed by atoms with Crippen molar-refractivity contribution in [2.24, 2.45) is 5.41 Å². The van der Waals surface area contributed by atoms with E-state index in [0.717, 1.165) is 88.5 Å². The molecule has 4 aliphatic rings. The quantitative estimate of drug-likeness (QED) is 0.314. The van der Waals surface area contributed by atoms with Gasteiger partial charge >= 0.3 is 5.97 Å². The lowest BCUT2D eigenvalue weighted by atomic mass is 9.68. The fourth-order valence-corrected chi connectivity index (χ4v) is 7.16. The van der Waals surface area contributed by atoms with E-state index in [1.54, 1.807) is 12.1 Å². The van der Waals surface area contributed by atoms with Crippen LogP contribution in [0.25, 0.3) is 0 Å². The minimum absolute atomic E-state index is 0.0457. The number of rotatable bonds is 11. The Kier molecular flexibility index (Phi) is 9.57. The van der Waals surface area contributed by atoms with Gasteiger partial charge in [-0.05, 0) is 81.8 Å². The van der Waals surface area contributed by atoms with Gasteiger partial charge in [-0.25, -0.2) is 0 Å². The number of aliphatic hydroxyl groups excluding tert-OH is 1. The van der Waals surface area contributed by atoms with Crippen molar-refractivity contribution in [2.75, 3.05) is 38.7 Å². The average molecular weight is 583 g/mol. The van der Waals surface area contributed by atoms with Crippen molar-refractivity contribution in [2.45, 2.75) is 82.7 Å². The van der Waals surface area contributed by atoms with E-state index in [-0.39, 0.29) is 23.9 Å². The molecule has 0 spiro atoms. The van der Waals surface area contributed by atoms with Gasteiger partial charge in [-0.2, -0.15) is 0 Å². The van der Waals surface area contributed by atoms with E-state index in [1.165, 1.54) is 7.11 Å². The average Bonchev–Trinajstić information content (AvgIpc) is 3.02. The van der Waals surface area contributed by atoms with E-state index < -0.39 is 5.41 Å². The van der Waals surface area contributed by atoms with Gasteiger partial charge in [0.15, 0.2) is 0 Å². The van der Waals surface area contributed by atoms with Gasteiger partial charge in [-0.1, -0.05) is 55.1 Å². The number of anilines is 1. The normalized spacial score (nSPS) is 23.1. The number of ether oxygens (including phenoxy) is 2. The molecule has 3 aliphatic heterocycles. The summed E-state index contributed by atoms with van der Waals surface area (Å²) in [4.78, 5) is 29.0. The number of nitrogens with one attached hydrogen (secondary N) is 1. The van der Waals surface area contributed by atoms with E-state index in [2.05, 4.69) is 28.4 Å². The fraction of sp³-hybridized carbons (Fsp3) is 0.576. The number of piperidine rings is 3. The van der Waals surface area contributed by atoms with Gasteiger partial charge < -0.3 is 24.8 Å². The van der Waals surface area contributed by atoms with Crippen LogP contribution in [0.15, 0.2) is 36.4 Å². The SMILES string of the molecule is COc1cc(NC(=O)CCCc2cccc(C3(C(=O)OCC45CCN(CC4)CC5)CCCCC3)c2)c(Cl)cc1CO. The number of halogens is 1. The molecule has 41 heavy (non-hydrogen) atoms. The highest BCUT2D eigenvalue weighted by atomic mass is 35.5. The molecule has 7 nitrogen and oxygen atoms in total. The van der Waals surface area contributed by atoms with E-state index in [4.69, 9.17) is 21.1 Å². The molecule has 1 saturated carbocycles. The molecule has 222 valence electrons. The summed E-state index contributed by atoms with van der Waals surface area (Å²) < 4.78 is 11.5. The maximum absolute atomic E-state index is 13.8. The monoisotopic (exact) mass is 582 g/mol. The van der Waals surface area contributed by atoms with Crippen LogP contribution in [0.5, 0.6) is 5.75 Å². The van der Waals surface area contributed by atoms with Crippen molar-refractivity contribution in [1.29, 1.82) is 0 Å². The lowest BCUT2D eigenvalue weighted by Gasteiger charge is -2.48. The van der Waals surface area contributed by atoms with Crippen molar-refractivity contribution in [3.05, 3.63) is 58.1 Å². The Morgan fingerprint density at radius 1 is 1.02 bits per heavy atom. The summed E-state index contributed by atoms with van der Waals surface area (Å²) in [6.07, 6.45) is 9.99. The Morgan fingerprint density at radius 2 is 1.76 bits per heavy atom. The number of carbonyl (C=O) groups excluding carboxylic acids is 2. The Bertz CT molecular complexity index is 1220. The molecule has 0 unspecified atom stereocenters. The summed E-state index contributed by atoms with van der Waals surface area (Å²) in [5.41, 5.74) is 2.80. The molecule has 3 heterocycles. The van der Waals surface area contributed by atoms with E-state index in [0.29, 0.717) is 41.5 Å². The van der Waals surface area contributed by atoms with Gasteiger partial charge in [0.2, 0.25) is 5.91 Å². The number of methoxy groups -OCH3 is 1. The highest BCUT2D eigenvalue weighted by Crippen LogP contribution is 2.44. The molecule has 1 amide bonds. The van der Waals surface area contributed by atoms with Crippen LogP contribution in [-0.4, -0.2) is 55.2 Å². The second-order valence-corrected chi connectivity index (χ2v) is 12.6. The number of esters is 1. The van der Waals surface area contributed by atoms with Crippen LogP contribution in [0, 0.1) is 5.41 Å². The Hall–Kier alpha value is -2.61. The van der Waals surface area contributed by atoms with Crippen molar-refractivity contribution < 1.29 is 24.2 Å². The van der Waals surface area contributed by atoms with Gasteiger partial charge in [0.25, 0.3) is 0 Å². The second kappa shape index (κ2) is 13.1. The topological polar surface area (TPSA) is 88.1 Å². The van der Waals surface area contributed by atoms with Crippen LogP contribution in [0.4, 0.5) is 5.69 Å². The molecule has 0 radical (unpaired) electrons. The van der Waals surface area contributed by atoms with Crippen LogP contribution in [0.1, 0.15) is 80.9 Å². The predicted octanol–water partition coefficient (Wildman–Crippen LogP) is 6.03. The second-order valence-electron chi connectivity index (χ2n) is 12.2. The Labute approximate surface area is 248 Å². The molecule has 0 aromatic heterocycles. The molecular formula is C33H43ClN2O5.